The Hall–Kier alpha value is -2.83. The summed E-state index contributed by atoms with van der Waals surface area (Å²) < 4.78 is 4.90. The molecule has 1 heterocycles. The number of hydrogen-bond acceptors (Lipinski definition) is 4. The Morgan fingerprint density at radius 2 is 1.96 bits per heavy atom. The van der Waals surface area contributed by atoms with Gasteiger partial charge in [0, 0.05) is 30.1 Å². The number of hydrogen-bond donors (Lipinski definition) is 3. The maximum Gasteiger partial charge on any atom is 0.321 e. The Morgan fingerprint density at radius 3 is 2.77 bits per heavy atom. The predicted molar refractivity (Wildman–Crippen MR) is 98.6 cm³/mol. The summed E-state index contributed by atoms with van der Waals surface area (Å²) in [5.41, 5.74) is 2.22. The summed E-state index contributed by atoms with van der Waals surface area (Å²) >= 11 is 0. The first-order valence-corrected chi connectivity index (χ1v) is 8.88. The van der Waals surface area contributed by atoms with E-state index in [1.807, 2.05) is 37.4 Å². The average molecular weight is 359 g/mol. The zero-order valence-electron chi connectivity index (χ0n) is 15.0. The third-order valence-corrected chi connectivity index (χ3v) is 3.94. The van der Waals surface area contributed by atoms with Crippen LogP contribution in [-0.2, 0) is 20.7 Å². The number of H-pyrrole nitrogens is 1. The molecular formula is C19H25N3O4. The number of benzene rings is 1. The van der Waals surface area contributed by atoms with Crippen molar-refractivity contribution in [1.29, 1.82) is 0 Å². The van der Waals surface area contributed by atoms with Crippen molar-refractivity contribution < 1.29 is 19.1 Å². The molecule has 0 aliphatic rings. The molecule has 1 aromatic carbocycles. The molecule has 7 heteroatoms. The van der Waals surface area contributed by atoms with Crippen LogP contribution >= 0.6 is 0 Å². The second kappa shape index (κ2) is 10.2. The van der Waals surface area contributed by atoms with Crippen molar-refractivity contribution in [3.05, 3.63) is 36.0 Å². The lowest BCUT2D eigenvalue weighted by Gasteiger charge is -2.07. The summed E-state index contributed by atoms with van der Waals surface area (Å²) in [5.74, 6) is -1.09. The van der Waals surface area contributed by atoms with Crippen LogP contribution in [0.3, 0.4) is 0 Å². The molecule has 0 aliphatic carbocycles. The van der Waals surface area contributed by atoms with Crippen LogP contribution in [0.4, 0.5) is 4.79 Å². The Kier molecular flexibility index (Phi) is 7.67. The number of amides is 3. The topological polar surface area (TPSA) is 100 Å². The van der Waals surface area contributed by atoms with Crippen LogP contribution in [0.15, 0.2) is 30.5 Å². The van der Waals surface area contributed by atoms with Crippen LogP contribution < -0.4 is 10.6 Å². The molecule has 0 radical (unpaired) electrons. The van der Waals surface area contributed by atoms with Gasteiger partial charge in [-0.05, 0) is 30.9 Å². The fraction of sp³-hybridized carbons (Fsp3) is 0.421. The SMILES string of the molecule is CCCCNC(=O)NC(=O)COC(=O)CCCc1c[nH]c2ccccc12. The molecule has 3 amide bonds. The third kappa shape index (κ3) is 6.23. The highest BCUT2D eigenvalue weighted by molar-refractivity contribution is 5.95. The highest BCUT2D eigenvalue weighted by Gasteiger charge is 2.11. The molecule has 1 aromatic heterocycles. The highest BCUT2D eigenvalue weighted by atomic mass is 16.5. The smallest absolute Gasteiger partial charge is 0.321 e. The van der Waals surface area contributed by atoms with E-state index in [1.54, 1.807) is 0 Å². The lowest BCUT2D eigenvalue weighted by molar-refractivity contribution is -0.148. The molecule has 2 aromatic rings. The number of esters is 1. The third-order valence-electron chi connectivity index (χ3n) is 3.94. The molecule has 0 saturated carbocycles. The molecule has 0 unspecified atom stereocenters. The van der Waals surface area contributed by atoms with Crippen LogP contribution in [0.5, 0.6) is 0 Å². The maximum absolute atomic E-state index is 11.7. The Labute approximate surface area is 152 Å². The van der Waals surface area contributed by atoms with Gasteiger partial charge >= 0.3 is 12.0 Å². The minimum absolute atomic E-state index is 0.218. The van der Waals surface area contributed by atoms with Gasteiger partial charge in [0.1, 0.15) is 0 Å². The lowest BCUT2D eigenvalue weighted by Crippen LogP contribution is -2.41. The van der Waals surface area contributed by atoms with Gasteiger partial charge in [0.05, 0.1) is 0 Å². The van der Waals surface area contributed by atoms with Gasteiger partial charge in [-0.25, -0.2) is 4.79 Å². The summed E-state index contributed by atoms with van der Waals surface area (Å²) in [7, 11) is 0. The van der Waals surface area contributed by atoms with Crippen molar-refractivity contribution in [2.75, 3.05) is 13.2 Å². The van der Waals surface area contributed by atoms with Crippen molar-refractivity contribution in [3.63, 3.8) is 0 Å². The van der Waals surface area contributed by atoms with Gasteiger partial charge in [-0.1, -0.05) is 31.5 Å². The maximum atomic E-state index is 11.7. The number of aryl methyl sites for hydroxylation is 1. The van der Waals surface area contributed by atoms with Gasteiger partial charge in [0.15, 0.2) is 6.61 Å². The molecule has 0 saturated heterocycles. The molecule has 0 spiro atoms. The summed E-state index contributed by atoms with van der Waals surface area (Å²) in [4.78, 5) is 37.9. The minimum Gasteiger partial charge on any atom is -0.456 e. The first kappa shape index (κ1) is 19.5. The Morgan fingerprint density at radius 1 is 1.15 bits per heavy atom. The number of unbranched alkanes of at least 4 members (excludes halogenated alkanes) is 1. The molecule has 26 heavy (non-hydrogen) atoms. The molecule has 0 atom stereocenters. The van der Waals surface area contributed by atoms with Crippen molar-refractivity contribution in [1.82, 2.24) is 15.6 Å². The van der Waals surface area contributed by atoms with Crippen molar-refractivity contribution in [2.24, 2.45) is 0 Å². The first-order valence-electron chi connectivity index (χ1n) is 8.88. The van der Waals surface area contributed by atoms with Crippen molar-refractivity contribution >= 4 is 28.8 Å². The van der Waals surface area contributed by atoms with Gasteiger partial charge in [-0.3, -0.25) is 14.9 Å². The predicted octanol–water partition coefficient (Wildman–Crippen LogP) is 2.66. The molecule has 2 rings (SSSR count). The minimum atomic E-state index is -0.635. The fourth-order valence-corrected chi connectivity index (χ4v) is 2.57. The monoisotopic (exact) mass is 359 g/mol. The highest BCUT2D eigenvalue weighted by Crippen LogP contribution is 2.19. The Bertz CT molecular complexity index is 754. The molecule has 7 nitrogen and oxygen atoms in total. The largest absolute Gasteiger partial charge is 0.456 e. The summed E-state index contributed by atoms with van der Waals surface area (Å²) in [6.45, 7) is 2.05. The molecule has 0 bridgehead atoms. The van der Waals surface area contributed by atoms with E-state index in [0.717, 1.165) is 35.7 Å². The second-order valence-electron chi connectivity index (χ2n) is 6.03. The van der Waals surface area contributed by atoms with Crippen LogP contribution in [0, 0.1) is 0 Å². The average Bonchev–Trinajstić information content (AvgIpc) is 3.03. The zero-order valence-corrected chi connectivity index (χ0v) is 15.0. The van der Waals surface area contributed by atoms with Gasteiger partial charge < -0.3 is 15.0 Å². The number of aromatic amines is 1. The van der Waals surface area contributed by atoms with Crippen molar-refractivity contribution in [3.8, 4) is 0 Å². The second-order valence-corrected chi connectivity index (χ2v) is 6.03. The van der Waals surface area contributed by atoms with E-state index in [2.05, 4.69) is 15.6 Å². The van der Waals surface area contributed by atoms with Crippen molar-refractivity contribution in [2.45, 2.75) is 39.0 Å². The van der Waals surface area contributed by atoms with E-state index in [4.69, 9.17) is 4.74 Å². The first-order chi connectivity index (χ1) is 12.6. The number of para-hydroxylation sites is 1. The number of nitrogens with one attached hydrogen (secondary N) is 3. The van der Waals surface area contributed by atoms with E-state index >= 15 is 0 Å². The van der Waals surface area contributed by atoms with Crippen LogP contribution in [0.25, 0.3) is 10.9 Å². The fourth-order valence-electron chi connectivity index (χ4n) is 2.57. The molecule has 0 fully saturated rings. The zero-order chi connectivity index (χ0) is 18.8. The molecule has 0 aliphatic heterocycles. The summed E-state index contributed by atoms with van der Waals surface area (Å²) in [6.07, 6.45) is 5.32. The molecule has 140 valence electrons. The number of fused-ring (bicyclic) bond motifs is 1. The molecular weight excluding hydrogens is 334 g/mol. The summed E-state index contributed by atoms with van der Waals surface area (Å²) in [6, 6.07) is 7.42. The van der Waals surface area contributed by atoms with Crippen LogP contribution in [0.1, 0.15) is 38.2 Å². The number of rotatable bonds is 9. The van der Waals surface area contributed by atoms with Crippen LogP contribution in [-0.4, -0.2) is 36.0 Å². The van der Waals surface area contributed by atoms with E-state index in [1.165, 1.54) is 0 Å². The van der Waals surface area contributed by atoms with Gasteiger partial charge in [0.2, 0.25) is 0 Å². The number of carbonyl (C=O) groups excluding carboxylic acids is 3. The summed E-state index contributed by atoms with van der Waals surface area (Å²) in [5, 5.41) is 5.82. The standard InChI is InChI=1S/C19H25N3O4/c1-2-3-11-20-19(25)22-17(23)13-26-18(24)10-6-7-14-12-21-16-9-5-4-8-15(14)16/h4-5,8-9,12,21H,2-3,6-7,10-11,13H2,1H3,(H2,20,22,23,25). The van der Waals surface area contributed by atoms with Crippen LogP contribution in [0.2, 0.25) is 0 Å². The lowest BCUT2D eigenvalue weighted by atomic mass is 10.1. The normalized spacial score (nSPS) is 10.5. The number of carbonyl (C=O) groups is 3. The Balaban J connectivity index is 1.63. The number of aromatic nitrogens is 1. The van der Waals surface area contributed by atoms with Gasteiger partial charge in [0.25, 0.3) is 5.91 Å². The van der Waals surface area contributed by atoms with E-state index in [9.17, 15) is 14.4 Å². The van der Waals surface area contributed by atoms with E-state index in [0.29, 0.717) is 13.0 Å². The number of urea groups is 1. The van der Waals surface area contributed by atoms with Gasteiger partial charge in [-0.15, -0.1) is 0 Å². The quantitative estimate of drug-likeness (QED) is 0.473. The van der Waals surface area contributed by atoms with E-state index in [-0.39, 0.29) is 6.42 Å². The van der Waals surface area contributed by atoms with E-state index < -0.39 is 24.5 Å². The van der Waals surface area contributed by atoms with Gasteiger partial charge in [-0.2, -0.15) is 0 Å². The number of ether oxygens (including phenoxy) is 1. The number of imide groups is 1. The molecule has 3 N–H and O–H groups in total.